The largest absolute Gasteiger partial charge is 0.481 e. The summed E-state index contributed by atoms with van der Waals surface area (Å²) in [5.41, 5.74) is 4.99. The Morgan fingerprint density at radius 3 is 2.57 bits per heavy atom. The molecule has 0 bridgehead atoms. The van der Waals surface area contributed by atoms with E-state index in [0.717, 1.165) is 12.8 Å². The summed E-state index contributed by atoms with van der Waals surface area (Å²) in [5, 5.41) is 19.9. The molecule has 8 heteroatoms. The lowest BCUT2D eigenvalue weighted by Crippen LogP contribution is -2.12. The fourth-order valence-corrected chi connectivity index (χ4v) is 3.39. The minimum atomic E-state index is -0.867. The lowest BCUT2D eigenvalue weighted by atomic mass is 10.1. The number of hydrogen-bond acceptors (Lipinski definition) is 5. The van der Waals surface area contributed by atoms with E-state index in [1.165, 1.54) is 30.0 Å². The number of nitro groups is 1. The molecule has 0 saturated heterocycles. The van der Waals surface area contributed by atoms with Gasteiger partial charge in [0, 0.05) is 17.4 Å². The van der Waals surface area contributed by atoms with Gasteiger partial charge in [-0.1, -0.05) is 0 Å². The standard InChI is InChI=1S/C13H14N2O5S/c14-12(18)8-1-2-9(15(19)20)10(5-8)21-7-13(3-4-13)6-11(16)17/h1-2,5H,3-4,6-7H2,(H2,14,18)(H,16,17). The van der Waals surface area contributed by atoms with E-state index < -0.39 is 16.8 Å². The van der Waals surface area contributed by atoms with Gasteiger partial charge in [0.05, 0.1) is 16.2 Å². The molecule has 0 heterocycles. The number of carboxylic acid groups (broad SMARTS) is 1. The third-order valence-corrected chi connectivity index (χ3v) is 4.85. The van der Waals surface area contributed by atoms with Gasteiger partial charge in [-0.05, 0) is 30.4 Å². The Morgan fingerprint density at radius 2 is 2.10 bits per heavy atom. The maximum absolute atomic E-state index is 11.2. The summed E-state index contributed by atoms with van der Waals surface area (Å²) in [5.74, 6) is -1.05. The summed E-state index contributed by atoms with van der Waals surface area (Å²) in [4.78, 5) is 32.8. The van der Waals surface area contributed by atoms with Crippen molar-refractivity contribution in [2.45, 2.75) is 24.2 Å². The predicted molar refractivity (Wildman–Crippen MR) is 76.3 cm³/mol. The molecule has 0 aromatic heterocycles. The second kappa shape index (κ2) is 5.72. The first-order chi connectivity index (χ1) is 9.83. The summed E-state index contributed by atoms with van der Waals surface area (Å²) >= 11 is 1.21. The van der Waals surface area contributed by atoms with Crippen molar-refractivity contribution in [3.8, 4) is 0 Å². The van der Waals surface area contributed by atoms with Gasteiger partial charge in [-0.2, -0.15) is 0 Å². The number of aliphatic carboxylic acids is 1. The van der Waals surface area contributed by atoms with Crippen LogP contribution in [0.15, 0.2) is 23.1 Å². The summed E-state index contributed by atoms with van der Waals surface area (Å²) in [7, 11) is 0. The van der Waals surface area contributed by atoms with Crippen LogP contribution in [-0.2, 0) is 4.79 Å². The van der Waals surface area contributed by atoms with Crippen LogP contribution in [0.2, 0.25) is 0 Å². The molecule has 0 spiro atoms. The minimum Gasteiger partial charge on any atom is -0.481 e. The summed E-state index contributed by atoms with van der Waals surface area (Å²) in [6.45, 7) is 0. The molecular formula is C13H14N2O5S. The Bertz CT molecular complexity index is 613. The van der Waals surface area contributed by atoms with Crippen LogP contribution >= 0.6 is 11.8 Å². The van der Waals surface area contributed by atoms with Gasteiger partial charge in [0.1, 0.15) is 0 Å². The van der Waals surface area contributed by atoms with Crippen molar-refractivity contribution in [2.75, 3.05) is 5.75 Å². The number of amides is 1. The van der Waals surface area contributed by atoms with E-state index in [2.05, 4.69) is 0 Å². The number of primary amides is 1. The van der Waals surface area contributed by atoms with E-state index in [-0.39, 0.29) is 23.1 Å². The average Bonchev–Trinajstić information content (AvgIpc) is 3.15. The monoisotopic (exact) mass is 310 g/mol. The predicted octanol–water partition coefficient (Wildman–Crippen LogP) is 2.04. The number of carbonyl (C=O) groups is 2. The van der Waals surface area contributed by atoms with Gasteiger partial charge >= 0.3 is 5.97 Å². The lowest BCUT2D eigenvalue weighted by molar-refractivity contribution is -0.387. The topological polar surface area (TPSA) is 124 Å². The van der Waals surface area contributed by atoms with Gasteiger partial charge in [-0.15, -0.1) is 11.8 Å². The van der Waals surface area contributed by atoms with Crippen LogP contribution in [0.5, 0.6) is 0 Å². The van der Waals surface area contributed by atoms with Crippen LogP contribution in [0.4, 0.5) is 5.69 Å². The van der Waals surface area contributed by atoms with Crippen molar-refractivity contribution in [3.63, 3.8) is 0 Å². The summed E-state index contributed by atoms with van der Waals surface area (Å²) in [6.07, 6.45) is 1.66. The van der Waals surface area contributed by atoms with E-state index in [4.69, 9.17) is 10.8 Å². The van der Waals surface area contributed by atoms with Crippen LogP contribution in [0, 0.1) is 15.5 Å². The Balaban J connectivity index is 2.18. The molecule has 3 N–H and O–H groups in total. The maximum Gasteiger partial charge on any atom is 0.303 e. The molecule has 1 saturated carbocycles. The zero-order valence-electron chi connectivity index (χ0n) is 11.1. The zero-order valence-corrected chi connectivity index (χ0v) is 11.9. The number of hydrogen-bond donors (Lipinski definition) is 2. The van der Waals surface area contributed by atoms with Gasteiger partial charge in [0.15, 0.2) is 0 Å². The molecule has 1 aliphatic rings. The molecule has 21 heavy (non-hydrogen) atoms. The molecule has 2 rings (SSSR count). The highest BCUT2D eigenvalue weighted by Crippen LogP contribution is 2.52. The Hall–Kier alpha value is -2.09. The average molecular weight is 310 g/mol. The molecular weight excluding hydrogens is 296 g/mol. The van der Waals surface area contributed by atoms with E-state index in [1.54, 1.807) is 0 Å². The van der Waals surface area contributed by atoms with E-state index in [1.807, 2.05) is 0 Å². The Labute approximate surface area is 124 Å². The van der Waals surface area contributed by atoms with Crippen molar-refractivity contribution >= 4 is 29.3 Å². The number of carbonyl (C=O) groups excluding carboxylic acids is 1. The molecule has 7 nitrogen and oxygen atoms in total. The molecule has 0 aliphatic heterocycles. The van der Waals surface area contributed by atoms with Gasteiger partial charge in [0.2, 0.25) is 5.91 Å². The van der Waals surface area contributed by atoms with Gasteiger partial charge in [-0.25, -0.2) is 0 Å². The molecule has 0 radical (unpaired) electrons. The van der Waals surface area contributed by atoms with Crippen molar-refractivity contribution < 1.29 is 19.6 Å². The van der Waals surface area contributed by atoms with Crippen LogP contribution in [0.3, 0.4) is 0 Å². The van der Waals surface area contributed by atoms with Gasteiger partial charge in [-0.3, -0.25) is 19.7 Å². The minimum absolute atomic E-state index is 0.0588. The fourth-order valence-electron chi connectivity index (χ4n) is 2.03. The highest BCUT2D eigenvalue weighted by molar-refractivity contribution is 7.99. The summed E-state index contributed by atoms with van der Waals surface area (Å²) in [6, 6.07) is 3.95. The first-order valence-corrected chi connectivity index (χ1v) is 7.24. The smallest absolute Gasteiger partial charge is 0.303 e. The molecule has 112 valence electrons. The Morgan fingerprint density at radius 1 is 1.43 bits per heavy atom. The second-order valence-electron chi connectivity index (χ2n) is 5.16. The van der Waals surface area contributed by atoms with Gasteiger partial charge in [0.25, 0.3) is 5.69 Å². The van der Waals surface area contributed by atoms with Gasteiger partial charge < -0.3 is 10.8 Å². The molecule has 1 aliphatic carbocycles. The van der Waals surface area contributed by atoms with E-state index in [9.17, 15) is 19.7 Å². The van der Waals surface area contributed by atoms with Crippen LogP contribution in [0.25, 0.3) is 0 Å². The number of nitrogens with zero attached hydrogens (tertiary/aromatic N) is 1. The molecule has 1 aromatic rings. The van der Waals surface area contributed by atoms with Crippen molar-refractivity contribution in [2.24, 2.45) is 11.1 Å². The normalized spacial score (nSPS) is 15.4. The first kappa shape index (κ1) is 15.3. The van der Waals surface area contributed by atoms with Crippen LogP contribution in [-0.4, -0.2) is 27.7 Å². The van der Waals surface area contributed by atoms with Crippen molar-refractivity contribution in [1.82, 2.24) is 0 Å². The number of carboxylic acids is 1. The van der Waals surface area contributed by atoms with Crippen molar-refractivity contribution in [1.29, 1.82) is 0 Å². The molecule has 1 fully saturated rings. The number of nitrogens with two attached hydrogens (primary N) is 1. The molecule has 1 amide bonds. The maximum atomic E-state index is 11.2. The third-order valence-electron chi connectivity index (χ3n) is 3.46. The number of rotatable bonds is 7. The number of benzene rings is 1. The fraction of sp³-hybridized carbons (Fsp3) is 0.385. The SMILES string of the molecule is NC(=O)c1ccc([N+](=O)[O-])c(SCC2(CC(=O)O)CC2)c1. The summed E-state index contributed by atoms with van der Waals surface area (Å²) < 4.78 is 0. The zero-order chi connectivity index (χ0) is 15.6. The van der Waals surface area contributed by atoms with E-state index in [0.29, 0.717) is 10.6 Å². The van der Waals surface area contributed by atoms with E-state index >= 15 is 0 Å². The molecule has 0 unspecified atom stereocenters. The quantitative estimate of drug-likeness (QED) is 0.451. The second-order valence-corrected chi connectivity index (χ2v) is 6.18. The first-order valence-electron chi connectivity index (χ1n) is 6.26. The van der Waals surface area contributed by atoms with Crippen LogP contribution in [0.1, 0.15) is 29.6 Å². The number of thioether (sulfide) groups is 1. The van der Waals surface area contributed by atoms with Crippen molar-refractivity contribution in [3.05, 3.63) is 33.9 Å². The Kier molecular flexibility index (Phi) is 4.17. The molecule has 1 aromatic carbocycles. The lowest BCUT2D eigenvalue weighted by Gasteiger charge is -2.12. The third kappa shape index (κ3) is 3.72. The molecule has 0 atom stereocenters. The number of nitro benzene ring substituents is 1. The highest BCUT2D eigenvalue weighted by atomic mass is 32.2. The van der Waals surface area contributed by atoms with Crippen LogP contribution < -0.4 is 5.73 Å². The highest BCUT2D eigenvalue weighted by Gasteiger charge is 2.44.